The molecule has 5 heteroatoms. The van der Waals surface area contributed by atoms with Gasteiger partial charge in [-0.05, 0) is 67.7 Å². The summed E-state index contributed by atoms with van der Waals surface area (Å²) >= 11 is 3.31. The number of ether oxygens (including phenoxy) is 1. The average molecular weight is 343 g/mol. The largest absolute Gasteiger partial charge is 0.459 e. The average Bonchev–Trinajstić information content (AvgIpc) is 2.35. The van der Waals surface area contributed by atoms with E-state index in [0.717, 1.165) is 10.2 Å². The quantitative estimate of drug-likeness (QED) is 0.659. The predicted molar refractivity (Wildman–Crippen MR) is 83.4 cm³/mol. The molecular weight excluding hydrogens is 320 g/mol. The van der Waals surface area contributed by atoms with Gasteiger partial charge in [0, 0.05) is 6.20 Å². The molecule has 1 rings (SSSR count). The minimum Gasteiger partial charge on any atom is -0.459 e. The lowest BCUT2D eigenvalue weighted by Crippen LogP contribution is -2.42. The van der Waals surface area contributed by atoms with E-state index in [1.165, 1.54) is 0 Å². The van der Waals surface area contributed by atoms with Crippen molar-refractivity contribution in [2.45, 2.75) is 51.6 Å². The first kappa shape index (κ1) is 17.1. The van der Waals surface area contributed by atoms with Gasteiger partial charge in [-0.15, -0.1) is 0 Å². The van der Waals surface area contributed by atoms with Crippen LogP contribution in [0.25, 0.3) is 0 Å². The Morgan fingerprint density at radius 1 is 1.40 bits per heavy atom. The number of nitrogens with two attached hydrogens (primary N) is 1. The third-order valence-electron chi connectivity index (χ3n) is 3.24. The maximum atomic E-state index is 12.7. The van der Waals surface area contributed by atoms with Gasteiger partial charge in [0.2, 0.25) is 0 Å². The third-order valence-corrected chi connectivity index (χ3v) is 3.71. The van der Waals surface area contributed by atoms with Crippen molar-refractivity contribution in [3.63, 3.8) is 0 Å². The second-order valence-electron chi connectivity index (χ2n) is 5.85. The molecule has 0 saturated carbocycles. The number of aromatic nitrogens is 1. The van der Waals surface area contributed by atoms with E-state index < -0.39 is 11.0 Å². The van der Waals surface area contributed by atoms with Crippen molar-refractivity contribution in [2.24, 2.45) is 5.73 Å². The summed E-state index contributed by atoms with van der Waals surface area (Å²) < 4.78 is 6.34. The van der Waals surface area contributed by atoms with Gasteiger partial charge < -0.3 is 10.5 Å². The Kier molecular flexibility index (Phi) is 5.71. The highest BCUT2D eigenvalue weighted by molar-refractivity contribution is 9.10. The fraction of sp³-hybridized carbons (Fsp3) is 0.600. The highest BCUT2D eigenvalue weighted by atomic mass is 79.9. The number of esters is 1. The summed E-state index contributed by atoms with van der Waals surface area (Å²) in [4.78, 5) is 16.9. The van der Waals surface area contributed by atoms with Crippen molar-refractivity contribution in [1.29, 1.82) is 0 Å². The highest BCUT2D eigenvalue weighted by Crippen LogP contribution is 2.34. The first-order chi connectivity index (χ1) is 9.25. The normalized spacial score (nSPS) is 14.7. The van der Waals surface area contributed by atoms with Crippen LogP contribution in [0.15, 0.2) is 22.9 Å². The van der Waals surface area contributed by atoms with Crippen molar-refractivity contribution < 1.29 is 9.53 Å². The van der Waals surface area contributed by atoms with Crippen LogP contribution in [0.5, 0.6) is 0 Å². The number of halogens is 1. The number of pyridine rings is 1. The van der Waals surface area contributed by atoms with Crippen LogP contribution in [0, 0.1) is 0 Å². The van der Waals surface area contributed by atoms with Crippen LogP contribution in [-0.4, -0.2) is 23.1 Å². The zero-order valence-electron chi connectivity index (χ0n) is 12.6. The number of hydrogen-bond acceptors (Lipinski definition) is 4. The van der Waals surface area contributed by atoms with Crippen LogP contribution in [0.4, 0.5) is 0 Å². The molecule has 0 fully saturated rings. The number of nitrogens with zero attached hydrogens (tertiary/aromatic N) is 1. The minimum atomic E-state index is -0.726. The van der Waals surface area contributed by atoms with Crippen LogP contribution < -0.4 is 5.73 Å². The van der Waals surface area contributed by atoms with Gasteiger partial charge >= 0.3 is 5.97 Å². The van der Waals surface area contributed by atoms with Gasteiger partial charge in [-0.25, -0.2) is 4.98 Å². The lowest BCUT2D eigenvalue weighted by molar-refractivity contribution is -0.162. The smallest absolute Gasteiger partial charge is 0.317 e. The Bertz CT molecular complexity index is 454. The van der Waals surface area contributed by atoms with Gasteiger partial charge in [0.1, 0.15) is 10.2 Å². The Labute approximate surface area is 129 Å². The molecule has 0 aliphatic rings. The lowest BCUT2D eigenvalue weighted by Gasteiger charge is -2.33. The van der Waals surface area contributed by atoms with Crippen LogP contribution in [0.3, 0.4) is 0 Å². The van der Waals surface area contributed by atoms with Gasteiger partial charge in [-0.3, -0.25) is 4.79 Å². The molecule has 0 aliphatic heterocycles. The first-order valence-electron chi connectivity index (χ1n) is 6.80. The van der Waals surface area contributed by atoms with Crippen molar-refractivity contribution >= 4 is 21.9 Å². The van der Waals surface area contributed by atoms with E-state index in [0.29, 0.717) is 19.4 Å². The van der Waals surface area contributed by atoms with Crippen LogP contribution in [0.1, 0.15) is 46.1 Å². The van der Waals surface area contributed by atoms with Gasteiger partial charge in [-0.1, -0.05) is 13.0 Å². The minimum absolute atomic E-state index is 0.234. The van der Waals surface area contributed by atoms with Crippen molar-refractivity contribution in [2.75, 3.05) is 6.54 Å². The fourth-order valence-electron chi connectivity index (χ4n) is 2.17. The molecule has 2 N–H and O–H groups in total. The topological polar surface area (TPSA) is 65.2 Å². The van der Waals surface area contributed by atoms with Crippen molar-refractivity contribution in [3.05, 3.63) is 28.5 Å². The summed E-state index contributed by atoms with van der Waals surface area (Å²) in [5, 5.41) is 0. The van der Waals surface area contributed by atoms with E-state index >= 15 is 0 Å². The van der Waals surface area contributed by atoms with Crippen LogP contribution in [0.2, 0.25) is 0 Å². The number of hydrogen-bond donors (Lipinski definition) is 1. The van der Waals surface area contributed by atoms with E-state index in [1.807, 2.05) is 39.8 Å². The number of rotatable bonds is 5. The molecule has 1 aromatic rings. The summed E-state index contributed by atoms with van der Waals surface area (Å²) in [6.45, 7) is 8.00. The fourth-order valence-corrected chi connectivity index (χ4v) is 2.41. The molecule has 0 bridgehead atoms. The summed E-state index contributed by atoms with van der Waals surface area (Å²) in [6, 6.07) is 3.74. The Morgan fingerprint density at radius 2 is 2.05 bits per heavy atom. The molecule has 0 spiro atoms. The molecule has 20 heavy (non-hydrogen) atoms. The molecule has 0 saturated heterocycles. The highest BCUT2D eigenvalue weighted by Gasteiger charge is 2.41. The van der Waals surface area contributed by atoms with Crippen molar-refractivity contribution in [1.82, 2.24) is 4.98 Å². The van der Waals surface area contributed by atoms with Gasteiger partial charge in [-0.2, -0.15) is 0 Å². The summed E-state index contributed by atoms with van der Waals surface area (Å²) in [7, 11) is 0. The summed E-state index contributed by atoms with van der Waals surface area (Å²) in [5.74, 6) is -0.234. The van der Waals surface area contributed by atoms with E-state index in [2.05, 4.69) is 20.9 Å². The van der Waals surface area contributed by atoms with Gasteiger partial charge in [0.25, 0.3) is 0 Å². The molecule has 0 aliphatic carbocycles. The SMILES string of the molecule is CCC(CCN)(C(=O)OC(C)(C)C)c1ccc(Br)nc1. The molecule has 4 nitrogen and oxygen atoms in total. The second kappa shape index (κ2) is 6.68. The summed E-state index contributed by atoms with van der Waals surface area (Å²) in [6.07, 6.45) is 2.89. The molecule has 0 aromatic carbocycles. The number of carbonyl (C=O) groups excluding carboxylic acids is 1. The van der Waals surface area contributed by atoms with Gasteiger partial charge in [0.05, 0.1) is 5.41 Å². The Morgan fingerprint density at radius 3 is 2.45 bits per heavy atom. The van der Waals surface area contributed by atoms with Crippen LogP contribution in [-0.2, 0) is 14.9 Å². The first-order valence-corrected chi connectivity index (χ1v) is 7.60. The zero-order chi connectivity index (χ0) is 15.4. The maximum absolute atomic E-state index is 12.7. The molecular formula is C15H23BrN2O2. The van der Waals surface area contributed by atoms with Crippen LogP contribution >= 0.6 is 15.9 Å². The second-order valence-corrected chi connectivity index (χ2v) is 6.66. The molecule has 0 radical (unpaired) electrons. The Hall–Kier alpha value is -0.940. The standard InChI is InChI=1S/C15H23BrN2O2/c1-5-15(8-9-17,13(19)20-14(2,3)4)11-6-7-12(16)18-10-11/h6-7,10H,5,8-9,17H2,1-4H3. The van der Waals surface area contributed by atoms with Crippen molar-refractivity contribution in [3.8, 4) is 0 Å². The maximum Gasteiger partial charge on any atom is 0.317 e. The van der Waals surface area contributed by atoms with Gasteiger partial charge in [0.15, 0.2) is 0 Å². The zero-order valence-corrected chi connectivity index (χ0v) is 14.2. The molecule has 1 aromatic heterocycles. The molecule has 1 atom stereocenters. The lowest BCUT2D eigenvalue weighted by atomic mass is 9.76. The number of carbonyl (C=O) groups is 1. The molecule has 1 heterocycles. The molecule has 0 amide bonds. The summed E-state index contributed by atoms with van der Waals surface area (Å²) in [5.41, 5.74) is 5.33. The molecule has 1 unspecified atom stereocenters. The van der Waals surface area contributed by atoms with E-state index in [9.17, 15) is 4.79 Å². The molecule has 112 valence electrons. The van der Waals surface area contributed by atoms with E-state index in [4.69, 9.17) is 10.5 Å². The predicted octanol–water partition coefficient (Wildman–Crippen LogP) is 3.18. The van der Waals surface area contributed by atoms with E-state index in [1.54, 1.807) is 6.20 Å². The monoisotopic (exact) mass is 342 g/mol. The Balaban J connectivity index is 3.21. The van der Waals surface area contributed by atoms with E-state index in [-0.39, 0.29) is 5.97 Å². The third kappa shape index (κ3) is 4.03.